The summed E-state index contributed by atoms with van der Waals surface area (Å²) in [5.41, 5.74) is 2.27. The van der Waals surface area contributed by atoms with Gasteiger partial charge in [-0.2, -0.15) is 0 Å². The predicted molar refractivity (Wildman–Crippen MR) is 125 cm³/mol. The number of fused-ring (bicyclic) bond motifs is 1. The van der Waals surface area contributed by atoms with Crippen molar-refractivity contribution in [3.8, 4) is 0 Å². The summed E-state index contributed by atoms with van der Waals surface area (Å²) in [5.74, 6) is -2.13. The second-order valence-corrected chi connectivity index (χ2v) is 7.83. The number of amides is 1. The molecule has 0 spiro atoms. The molecule has 1 amide bonds. The van der Waals surface area contributed by atoms with E-state index in [1.54, 1.807) is 79.0 Å². The second kappa shape index (κ2) is 8.63. The molecule has 1 unspecified atom stereocenters. The van der Waals surface area contributed by atoms with Crippen molar-refractivity contribution in [1.82, 2.24) is 4.98 Å². The number of hydrogen-bond donors (Lipinski definition) is 0. The second-order valence-electron chi connectivity index (χ2n) is 7.83. The van der Waals surface area contributed by atoms with E-state index in [1.165, 1.54) is 4.90 Å². The van der Waals surface area contributed by atoms with Crippen molar-refractivity contribution in [1.29, 1.82) is 0 Å². The molecule has 1 aromatic heterocycles. The Morgan fingerprint density at radius 3 is 1.76 bits per heavy atom. The first-order chi connectivity index (χ1) is 16.2. The Bertz CT molecular complexity index is 1270. The quantitative estimate of drug-likeness (QED) is 0.312. The topological polar surface area (TPSA) is 67.3 Å². The van der Waals surface area contributed by atoms with Gasteiger partial charge < -0.3 is 0 Å². The van der Waals surface area contributed by atoms with Crippen molar-refractivity contribution in [2.24, 2.45) is 5.92 Å². The molecule has 160 valence electrons. The van der Waals surface area contributed by atoms with Gasteiger partial charge in [0.05, 0.1) is 17.3 Å². The van der Waals surface area contributed by atoms with E-state index in [1.807, 2.05) is 30.3 Å². The van der Waals surface area contributed by atoms with Crippen LogP contribution in [0.3, 0.4) is 0 Å². The normalized spacial score (nSPS) is 14.9. The molecule has 1 aliphatic rings. The summed E-state index contributed by atoms with van der Waals surface area (Å²) in [7, 11) is 0. The van der Waals surface area contributed by atoms with Gasteiger partial charge in [0.15, 0.2) is 11.6 Å². The highest BCUT2D eigenvalue weighted by molar-refractivity contribution is 6.20. The number of aromatic nitrogens is 1. The zero-order valence-electron chi connectivity index (χ0n) is 17.7. The molecule has 0 bridgehead atoms. The Hall–Kier alpha value is -4.38. The molecule has 0 aliphatic carbocycles. The lowest BCUT2D eigenvalue weighted by Gasteiger charge is -2.30. The van der Waals surface area contributed by atoms with E-state index >= 15 is 0 Å². The number of Topliss-reactive ketones (excluding diaryl/α,β-unsaturated/α-hetero) is 2. The van der Waals surface area contributed by atoms with Crippen LogP contribution >= 0.6 is 0 Å². The summed E-state index contributed by atoms with van der Waals surface area (Å²) in [6.07, 6.45) is 1.59. The van der Waals surface area contributed by atoms with Gasteiger partial charge in [-0.3, -0.25) is 24.3 Å². The number of ketones is 2. The number of benzene rings is 3. The van der Waals surface area contributed by atoms with Gasteiger partial charge in [-0.25, -0.2) is 0 Å². The van der Waals surface area contributed by atoms with E-state index in [2.05, 4.69) is 4.98 Å². The Morgan fingerprint density at radius 2 is 1.21 bits per heavy atom. The van der Waals surface area contributed by atoms with Crippen molar-refractivity contribution >= 4 is 23.2 Å². The van der Waals surface area contributed by atoms with E-state index in [9.17, 15) is 14.4 Å². The number of pyridine rings is 1. The van der Waals surface area contributed by atoms with Crippen LogP contribution in [0.5, 0.6) is 0 Å². The molecular formula is C28H20N2O3. The zero-order valence-corrected chi connectivity index (χ0v) is 17.7. The van der Waals surface area contributed by atoms with E-state index in [-0.39, 0.29) is 17.5 Å². The Kier molecular flexibility index (Phi) is 5.37. The van der Waals surface area contributed by atoms with E-state index in [4.69, 9.17) is 0 Å². The Morgan fingerprint density at radius 1 is 0.697 bits per heavy atom. The van der Waals surface area contributed by atoms with Crippen LogP contribution in [0.25, 0.3) is 0 Å². The molecule has 5 heteroatoms. The third-order valence-corrected chi connectivity index (χ3v) is 5.88. The molecule has 3 aromatic carbocycles. The molecule has 0 saturated carbocycles. The molecule has 0 fully saturated rings. The predicted octanol–water partition coefficient (Wildman–Crippen LogP) is 5.17. The molecule has 1 atom stereocenters. The number of para-hydroxylation sites is 1. The molecule has 0 radical (unpaired) electrons. The third-order valence-electron chi connectivity index (χ3n) is 5.88. The maximum atomic E-state index is 13.9. The first-order valence-electron chi connectivity index (χ1n) is 10.7. The lowest BCUT2D eigenvalue weighted by atomic mass is 9.82. The minimum absolute atomic E-state index is 0.277. The van der Waals surface area contributed by atoms with Gasteiger partial charge in [-0.15, -0.1) is 0 Å². The number of hydrogen-bond acceptors (Lipinski definition) is 4. The molecule has 33 heavy (non-hydrogen) atoms. The average molecular weight is 432 g/mol. The fourth-order valence-corrected chi connectivity index (χ4v) is 4.36. The molecule has 5 rings (SSSR count). The molecule has 4 aromatic rings. The van der Waals surface area contributed by atoms with Crippen LogP contribution in [0.1, 0.15) is 42.8 Å². The summed E-state index contributed by atoms with van der Waals surface area (Å²) in [6, 6.07) is 29.1. The van der Waals surface area contributed by atoms with Gasteiger partial charge >= 0.3 is 0 Å². The number of anilines is 1. The van der Waals surface area contributed by atoms with Crippen LogP contribution < -0.4 is 4.90 Å². The van der Waals surface area contributed by atoms with Crippen molar-refractivity contribution in [2.45, 2.75) is 6.04 Å². The summed E-state index contributed by atoms with van der Waals surface area (Å²) in [6.45, 7) is 0. The minimum Gasteiger partial charge on any atom is -0.298 e. The minimum atomic E-state index is -1.16. The van der Waals surface area contributed by atoms with Gasteiger partial charge in [-0.1, -0.05) is 78.9 Å². The van der Waals surface area contributed by atoms with Gasteiger partial charge in [-0.05, 0) is 24.3 Å². The molecule has 0 N–H and O–H groups in total. The third kappa shape index (κ3) is 3.64. The molecular weight excluding hydrogens is 412 g/mol. The van der Waals surface area contributed by atoms with E-state index in [0.29, 0.717) is 28.1 Å². The van der Waals surface area contributed by atoms with Crippen LogP contribution in [-0.4, -0.2) is 22.5 Å². The van der Waals surface area contributed by atoms with Crippen LogP contribution in [0, 0.1) is 5.92 Å². The van der Waals surface area contributed by atoms with E-state index < -0.39 is 12.0 Å². The number of carbonyl (C=O) groups excluding carboxylic acids is 3. The number of rotatable bonds is 6. The van der Waals surface area contributed by atoms with Crippen LogP contribution in [0.4, 0.5) is 5.69 Å². The number of nitrogens with zero attached hydrogens (tertiary/aromatic N) is 2. The standard InChI is InChI=1S/C28H20N2O3/c31-26(19-11-4-1-5-12-19)23(27(32)20-13-6-2-7-14-20)25-24-22(17-10-18-29-24)28(33)30(25)21-15-8-3-9-16-21/h1-18,23,25H. The lowest BCUT2D eigenvalue weighted by Crippen LogP contribution is -2.40. The van der Waals surface area contributed by atoms with Gasteiger partial charge in [0.1, 0.15) is 5.92 Å². The highest BCUT2D eigenvalue weighted by Crippen LogP contribution is 2.42. The van der Waals surface area contributed by atoms with Crippen molar-refractivity contribution in [3.63, 3.8) is 0 Å². The summed E-state index contributed by atoms with van der Waals surface area (Å²) in [4.78, 5) is 47.2. The smallest absolute Gasteiger partial charge is 0.260 e. The van der Waals surface area contributed by atoms with Gasteiger partial charge in [0.25, 0.3) is 5.91 Å². The SMILES string of the molecule is O=C(c1ccccc1)C(C(=O)c1ccccc1)C1c2ncccc2C(=O)N1c1ccccc1. The Labute approximate surface area is 191 Å². The van der Waals surface area contributed by atoms with Gasteiger partial charge in [0.2, 0.25) is 0 Å². The summed E-state index contributed by atoms with van der Waals surface area (Å²) in [5, 5.41) is 0. The maximum Gasteiger partial charge on any atom is 0.260 e. The highest BCUT2D eigenvalue weighted by atomic mass is 16.2. The largest absolute Gasteiger partial charge is 0.298 e. The number of carbonyl (C=O) groups is 3. The monoisotopic (exact) mass is 432 g/mol. The van der Waals surface area contributed by atoms with E-state index in [0.717, 1.165) is 0 Å². The zero-order chi connectivity index (χ0) is 22.8. The molecule has 2 heterocycles. The van der Waals surface area contributed by atoms with Crippen molar-refractivity contribution < 1.29 is 14.4 Å². The average Bonchev–Trinajstić information content (AvgIpc) is 3.18. The Balaban J connectivity index is 1.72. The summed E-state index contributed by atoms with van der Waals surface area (Å²) < 4.78 is 0. The summed E-state index contributed by atoms with van der Waals surface area (Å²) >= 11 is 0. The fraction of sp³-hybridized carbons (Fsp3) is 0.0714. The highest BCUT2D eigenvalue weighted by Gasteiger charge is 2.48. The maximum absolute atomic E-state index is 13.9. The van der Waals surface area contributed by atoms with Gasteiger partial charge in [0, 0.05) is 23.0 Å². The van der Waals surface area contributed by atoms with Crippen LogP contribution in [0.2, 0.25) is 0 Å². The molecule has 1 aliphatic heterocycles. The first-order valence-corrected chi connectivity index (χ1v) is 10.7. The fourth-order valence-electron chi connectivity index (χ4n) is 4.36. The van der Waals surface area contributed by atoms with Crippen LogP contribution in [0.15, 0.2) is 109 Å². The molecule has 0 saturated heterocycles. The van der Waals surface area contributed by atoms with Crippen molar-refractivity contribution in [3.05, 3.63) is 132 Å². The lowest BCUT2D eigenvalue weighted by molar-refractivity contribution is 0.0778. The van der Waals surface area contributed by atoms with Crippen LogP contribution in [-0.2, 0) is 0 Å². The molecule has 5 nitrogen and oxygen atoms in total. The van der Waals surface area contributed by atoms with Crippen molar-refractivity contribution in [2.75, 3.05) is 4.90 Å². The first kappa shape index (κ1) is 20.5.